The molecule has 108 valence electrons. The van der Waals surface area contributed by atoms with E-state index in [2.05, 4.69) is 30.7 Å². The molecule has 1 N–H and O–H groups in total. The largest absolute Gasteiger partial charge is 0.466 e. The van der Waals surface area contributed by atoms with Crippen LogP contribution in [0.5, 0.6) is 0 Å². The fourth-order valence-corrected chi connectivity index (χ4v) is 2.41. The third-order valence-electron chi connectivity index (χ3n) is 2.56. The minimum absolute atomic E-state index is 0.00648. The molecular weight excluding hydrogens is 326 g/mol. The van der Waals surface area contributed by atoms with Gasteiger partial charge in [0.25, 0.3) is 0 Å². The van der Waals surface area contributed by atoms with E-state index in [9.17, 15) is 9.59 Å². The van der Waals surface area contributed by atoms with E-state index in [0.717, 1.165) is 21.7 Å². The van der Waals surface area contributed by atoms with Gasteiger partial charge in [0.1, 0.15) is 5.70 Å². The summed E-state index contributed by atoms with van der Waals surface area (Å²) in [5.41, 5.74) is 2.70. The Hall–Kier alpha value is -1.82. The Morgan fingerprint density at radius 2 is 1.85 bits per heavy atom. The van der Waals surface area contributed by atoms with Crippen molar-refractivity contribution in [3.63, 3.8) is 0 Å². The summed E-state index contributed by atoms with van der Waals surface area (Å²) in [4.78, 5) is 23.0. The van der Waals surface area contributed by atoms with Crippen LogP contribution in [0.25, 0.3) is 0 Å². The van der Waals surface area contributed by atoms with Gasteiger partial charge < -0.3 is 14.8 Å². The van der Waals surface area contributed by atoms with E-state index in [0.29, 0.717) is 5.69 Å². The van der Waals surface area contributed by atoms with Crippen LogP contribution in [-0.2, 0) is 19.1 Å². The molecule has 1 aromatic rings. The molecule has 0 aromatic heterocycles. The number of methoxy groups -OCH3 is 2. The van der Waals surface area contributed by atoms with Crippen molar-refractivity contribution < 1.29 is 19.1 Å². The summed E-state index contributed by atoms with van der Waals surface area (Å²) in [6.45, 7) is 3.86. The van der Waals surface area contributed by atoms with Crippen LogP contribution in [0.2, 0.25) is 0 Å². The Morgan fingerprint density at radius 1 is 1.20 bits per heavy atom. The number of anilines is 1. The molecule has 0 fully saturated rings. The maximum Gasteiger partial charge on any atom is 0.354 e. The zero-order chi connectivity index (χ0) is 15.3. The lowest BCUT2D eigenvalue weighted by Gasteiger charge is -2.14. The summed E-state index contributed by atoms with van der Waals surface area (Å²) in [5, 5.41) is 2.90. The maximum atomic E-state index is 11.7. The molecule has 0 spiro atoms. The second kappa shape index (κ2) is 7.09. The number of esters is 2. The number of halogens is 1. The lowest BCUT2D eigenvalue weighted by atomic mass is 10.1. The highest BCUT2D eigenvalue weighted by Crippen LogP contribution is 2.29. The van der Waals surface area contributed by atoms with Crippen molar-refractivity contribution in [1.29, 1.82) is 0 Å². The predicted octanol–water partition coefficient (Wildman–Crippen LogP) is 2.71. The topological polar surface area (TPSA) is 64.6 Å². The van der Waals surface area contributed by atoms with Crippen molar-refractivity contribution in [2.24, 2.45) is 0 Å². The molecule has 0 bridgehead atoms. The van der Waals surface area contributed by atoms with Crippen LogP contribution in [0, 0.1) is 13.8 Å². The van der Waals surface area contributed by atoms with Crippen molar-refractivity contribution in [1.82, 2.24) is 0 Å². The molecule has 0 aliphatic carbocycles. The zero-order valence-electron chi connectivity index (χ0n) is 11.7. The number of aryl methyl sites for hydroxylation is 2. The molecule has 0 unspecified atom stereocenters. The molecule has 6 heteroatoms. The molecule has 0 saturated carbocycles. The molecule has 0 heterocycles. The standard InChI is InChI=1S/C14H16BrNO4/c1-8-5-9(2)13(10(15)6-8)16-11(14(18)20-4)7-12(17)19-3/h5-7,16H,1-4H3/b11-7+. The molecule has 0 atom stereocenters. The summed E-state index contributed by atoms with van der Waals surface area (Å²) >= 11 is 3.42. The van der Waals surface area contributed by atoms with Gasteiger partial charge in [-0.1, -0.05) is 6.07 Å². The molecule has 20 heavy (non-hydrogen) atoms. The van der Waals surface area contributed by atoms with Gasteiger partial charge in [0.05, 0.1) is 26.0 Å². The third-order valence-corrected chi connectivity index (χ3v) is 3.19. The highest BCUT2D eigenvalue weighted by atomic mass is 79.9. The van der Waals surface area contributed by atoms with Crippen LogP contribution in [0.15, 0.2) is 28.4 Å². The number of rotatable bonds is 4. The van der Waals surface area contributed by atoms with Gasteiger partial charge in [-0.05, 0) is 47.0 Å². The van der Waals surface area contributed by atoms with Crippen LogP contribution < -0.4 is 5.32 Å². The summed E-state index contributed by atoms with van der Waals surface area (Å²) in [7, 11) is 2.48. The average molecular weight is 342 g/mol. The van der Waals surface area contributed by atoms with Crippen molar-refractivity contribution >= 4 is 33.6 Å². The second-order valence-electron chi connectivity index (χ2n) is 4.14. The second-order valence-corrected chi connectivity index (χ2v) is 4.99. The lowest BCUT2D eigenvalue weighted by molar-refractivity contribution is -0.138. The van der Waals surface area contributed by atoms with Gasteiger partial charge in [-0.25, -0.2) is 9.59 Å². The van der Waals surface area contributed by atoms with Gasteiger partial charge >= 0.3 is 11.9 Å². The Balaban J connectivity index is 3.17. The van der Waals surface area contributed by atoms with Crippen molar-refractivity contribution in [3.05, 3.63) is 39.5 Å². The number of benzene rings is 1. The smallest absolute Gasteiger partial charge is 0.354 e. The normalized spacial score (nSPS) is 10.9. The van der Waals surface area contributed by atoms with Crippen LogP contribution in [0.4, 0.5) is 5.69 Å². The Morgan fingerprint density at radius 3 is 2.35 bits per heavy atom. The highest BCUT2D eigenvalue weighted by Gasteiger charge is 2.15. The fourth-order valence-electron chi connectivity index (χ4n) is 1.64. The van der Waals surface area contributed by atoms with Gasteiger partial charge in [-0.2, -0.15) is 0 Å². The number of hydrogen-bond donors (Lipinski definition) is 1. The van der Waals surface area contributed by atoms with Gasteiger partial charge in [-0.15, -0.1) is 0 Å². The first-order chi connectivity index (χ1) is 9.38. The number of carbonyl (C=O) groups is 2. The van der Waals surface area contributed by atoms with E-state index >= 15 is 0 Å². The quantitative estimate of drug-likeness (QED) is 0.673. The molecule has 0 aliphatic rings. The number of hydrogen-bond acceptors (Lipinski definition) is 5. The Labute approximate surface area is 126 Å². The summed E-state index contributed by atoms with van der Waals surface area (Å²) in [6.07, 6.45) is 1.05. The molecule has 0 radical (unpaired) electrons. The number of ether oxygens (including phenoxy) is 2. The van der Waals surface area contributed by atoms with Crippen LogP contribution in [-0.4, -0.2) is 26.2 Å². The highest BCUT2D eigenvalue weighted by molar-refractivity contribution is 9.10. The zero-order valence-corrected chi connectivity index (χ0v) is 13.3. The maximum absolute atomic E-state index is 11.7. The van der Waals surface area contributed by atoms with Gasteiger partial charge in [0.15, 0.2) is 0 Å². The lowest BCUT2D eigenvalue weighted by Crippen LogP contribution is -2.16. The van der Waals surface area contributed by atoms with Gasteiger partial charge in [0, 0.05) is 4.47 Å². The first-order valence-corrected chi connectivity index (χ1v) is 6.60. The summed E-state index contributed by atoms with van der Waals surface area (Å²) < 4.78 is 9.95. The monoisotopic (exact) mass is 341 g/mol. The Bertz CT molecular complexity index is 543. The van der Waals surface area contributed by atoms with E-state index in [4.69, 9.17) is 0 Å². The molecule has 0 aliphatic heterocycles. The van der Waals surface area contributed by atoms with E-state index in [1.807, 2.05) is 26.0 Å². The molecule has 0 amide bonds. The van der Waals surface area contributed by atoms with Crippen LogP contribution in [0.3, 0.4) is 0 Å². The van der Waals surface area contributed by atoms with Crippen molar-refractivity contribution in [2.75, 3.05) is 19.5 Å². The van der Waals surface area contributed by atoms with E-state index in [1.165, 1.54) is 14.2 Å². The first-order valence-electron chi connectivity index (χ1n) is 5.80. The molecule has 0 saturated heterocycles. The predicted molar refractivity (Wildman–Crippen MR) is 79.4 cm³/mol. The minimum atomic E-state index is -0.651. The van der Waals surface area contributed by atoms with E-state index < -0.39 is 11.9 Å². The molecule has 1 aromatic carbocycles. The van der Waals surface area contributed by atoms with Crippen LogP contribution in [0.1, 0.15) is 11.1 Å². The van der Waals surface area contributed by atoms with E-state index in [-0.39, 0.29) is 5.70 Å². The van der Waals surface area contributed by atoms with Crippen LogP contribution >= 0.6 is 15.9 Å². The fraction of sp³-hybridized carbons (Fsp3) is 0.286. The summed E-state index contributed by atoms with van der Waals surface area (Å²) in [5.74, 6) is -1.29. The minimum Gasteiger partial charge on any atom is -0.466 e. The molecular formula is C14H16BrNO4. The van der Waals surface area contributed by atoms with Crippen molar-refractivity contribution in [2.45, 2.75) is 13.8 Å². The van der Waals surface area contributed by atoms with Gasteiger partial charge in [-0.3, -0.25) is 0 Å². The molecule has 1 rings (SSSR count). The van der Waals surface area contributed by atoms with E-state index in [1.54, 1.807) is 0 Å². The third kappa shape index (κ3) is 4.09. The number of nitrogens with one attached hydrogen (secondary N) is 1. The van der Waals surface area contributed by atoms with Crippen molar-refractivity contribution in [3.8, 4) is 0 Å². The summed E-state index contributed by atoms with van der Waals surface area (Å²) in [6, 6.07) is 3.86. The average Bonchev–Trinajstić information content (AvgIpc) is 2.40. The Kier molecular flexibility index (Phi) is 5.76. The SMILES string of the molecule is COC(=O)/C=C(/Nc1c(C)cc(C)cc1Br)C(=O)OC. The molecule has 5 nitrogen and oxygen atoms in total. The van der Waals surface area contributed by atoms with Gasteiger partial charge in [0.2, 0.25) is 0 Å². The number of carbonyl (C=O) groups excluding carboxylic acids is 2. The first kappa shape index (κ1) is 16.2.